The number of nitrogens with zero attached hydrogens (tertiary/aromatic N) is 2. The second-order valence-corrected chi connectivity index (χ2v) is 7.12. The van der Waals surface area contributed by atoms with Crippen LogP contribution in [-0.2, 0) is 16.1 Å². The number of halogens is 1. The lowest BCUT2D eigenvalue weighted by molar-refractivity contribution is -0.136. The van der Waals surface area contributed by atoms with Crippen LogP contribution in [0.15, 0.2) is 66.9 Å². The predicted octanol–water partition coefficient (Wildman–Crippen LogP) is 3.60. The number of carbonyl (C=O) groups excluding carboxylic acids is 2. The summed E-state index contributed by atoms with van der Waals surface area (Å²) in [5.74, 6) is -0.383. The van der Waals surface area contributed by atoms with E-state index in [9.17, 15) is 14.0 Å². The minimum Gasteiger partial charge on any atom is -0.497 e. The Balaban J connectivity index is 1.55. The van der Waals surface area contributed by atoms with Crippen molar-refractivity contribution >= 4 is 17.5 Å². The Hall–Kier alpha value is -3.61. The Morgan fingerprint density at radius 1 is 1.10 bits per heavy atom. The third kappa shape index (κ3) is 4.05. The number of methoxy groups -OCH3 is 1. The lowest BCUT2D eigenvalue weighted by Gasteiger charge is -2.37. The van der Waals surface area contributed by atoms with E-state index in [4.69, 9.17) is 4.74 Å². The smallest absolute Gasteiger partial charge is 0.233 e. The van der Waals surface area contributed by atoms with E-state index in [1.165, 1.54) is 24.3 Å². The molecule has 1 atom stereocenters. The monoisotopic (exact) mass is 407 g/mol. The molecule has 2 amide bonds. The molecular formula is C23H22FN3O3. The minimum absolute atomic E-state index is 0.269. The second kappa shape index (κ2) is 8.41. The van der Waals surface area contributed by atoms with Crippen LogP contribution in [0.25, 0.3) is 0 Å². The summed E-state index contributed by atoms with van der Waals surface area (Å²) in [5.41, 5.74) is 2.36. The Labute approximate surface area is 173 Å². The summed E-state index contributed by atoms with van der Waals surface area (Å²) in [6.07, 6.45) is 1.70. The standard InChI is InChI=1S/C23H22FN3O3/c1-30-19-5-2-4-16(14-19)23-20-6-3-11-26(20)12-13-27(23)22(29)15-21(28)25-18-9-7-17(24)8-10-18/h2-11,14,23H,12-13,15H2,1H3,(H,25,28). The zero-order chi connectivity index (χ0) is 21.1. The number of hydrogen-bond acceptors (Lipinski definition) is 3. The van der Waals surface area contributed by atoms with Crippen molar-refractivity contribution in [3.05, 3.63) is 83.9 Å². The number of ether oxygens (including phenoxy) is 1. The van der Waals surface area contributed by atoms with Crippen molar-refractivity contribution in [2.75, 3.05) is 19.0 Å². The summed E-state index contributed by atoms with van der Waals surface area (Å²) >= 11 is 0. The Bertz CT molecular complexity index is 1060. The van der Waals surface area contributed by atoms with Crippen molar-refractivity contribution in [2.45, 2.75) is 19.0 Å². The molecule has 0 aliphatic carbocycles. The van der Waals surface area contributed by atoms with E-state index in [0.717, 1.165) is 11.3 Å². The van der Waals surface area contributed by atoms with Crippen LogP contribution >= 0.6 is 0 Å². The molecule has 0 saturated heterocycles. The molecular weight excluding hydrogens is 385 g/mol. The van der Waals surface area contributed by atoms with Gasteiger partial charge in [-0.05, 0) is 54.1 Å². The topological polar surface area (TPSA) is 63.6 Å². The molecule has 0 fully saturated rings. The van der Waals surface area contributed by atoms with Gasteiger partial charge in [-0.2, -0.15) is 0 Å². The van der Waals surface area contributed by atoms with Crippen molar-refractivity contribution in [3.63, 3.8) is 0 Å². The second-order valence-electron chi connectivity index (χ2n) is 7.12. The van der Waals surface area contributed by atoms with Gasteiger partial charge in [0.25, 0.3) is 0 Å². The first-order valence-electron chi connectivity index (χ1n) is 9.69. The number of amides is 2. The van der Waals surface area contributed by atoms with Crippen molar-refractivity contribution in [2.24, 2.45) is 0 Å². The van der Waals surface area contributed by atoms with Gasteiger partial charge >= 0.3 is 0 Å². The molecule has 30 heavy (non-hydrogen) atoms. The molecule has 1 N–H and O–H groups in total. The molecule has 0 bridgehead atoms. The van der Waals surface area contributed by atoms with Crippen LogP contribution in [-0.4, -0.2) is 34.9 Å². The van der Waals surface area contributed by atoms with Gasteiger partial charge < -0.3 is 19.5 Å². The fraction of sp³-hybridized carbons (Fsp3) is 0.217. The van der Waals surface area contributed by atoms with Crippen molar-refractivity contribution < 1.29 is 18.7 Å². The van der Waals surface area contributed by atoms with Crippen LogP contribution in [0.1, 0.15) is 23.7 Å². The molecule has 0 radical (unpaired) electrons. The zero-order valence-corrected chi connectivity index (χ0v) is 16.5. The van der Waals surface area contributed by atoms with Gasteiger partial charge in [0.2, 0.25) is 11.8 Å². The van der Waals surface area contributed by atoms with E-state index in [1.54, 1.807) is 12.0 Å². The largest absolute Gasteiger partial charge is 0.497 e. The number of carbonyl (C=O) groups is 2. The predicted molar refractivity (Wildman–Crippen MR) is 111 cm³/mol. The molecule has 1 aliphatic rings. The van der Waals surface area contributed by atoms with Crippen molar-refractivity contribution in [1.29, 1.82) is 0 Å². The number of nitrogens with one attached hydrogen (secondary N) is 1. The van der Waals surface area contributed by atoms with E-state index in [0.29, 0.717) is 24.5 Å². The molecule has 6 nitrogen and oxygen atoms in total. The molecule has 154 valence electrons. The first-order chi connectivity index (χ1) is 14.5. The van der Waals surface area contributed by atoms with Gasteiger partial charge in [-0.3, -0.25) is 9.59 Å². The van der Waals surface area contributed by atoms with Crippen LogP contribution in [0.3, 0.4) is 0 Å². The highest BCUT2D eigenvalue weighted by Crippen LogP contribution is 2.34. The third-order valence-electron chi connectivity index (χ3n) is 5.21. The maximum Gasteiger partial charge on any atom is 0.233 e. The molecule has 4 rings (SSSR count). The summed E-state index contributed by atoms with van der Waals surface area (Å²) in [7, 11) is 1.60. The van der Waals surface area contributed by atoms with E-state index in [1.807, 2.05) is 42.6 Å². The fourth-order valence-corrected chi connectivity index (χ4v) is 3.79. The lowest BCUT2D eigenvalue weighted by atomic mass is 9.99. The van der Waals surface area contributed by atoms with Gasteiger partial charge in [0, 0.05) is 30.7 Å². The molecule has 0 saturated carbocycles. The fourth-order valence-electron chi connectivity index (χ4n) is 3.79. The van der Waals surface area contributed by atoms with Gasteiger partial charge in [-0.1, -0.05) is 12.1 Å². The highest BCUT2D eigenvalue weighted by Gasteiger charge is 2.33. The summed E-state index contributed by atoms with van der Waals surface area (Å²) in [6.45, 7) is 1.15. The van der Waals surface area contributed by atoms with Gasteiger partial charge in [0.15, 0.2) is 0 Å². The van der Waals surface area contributed by atoms with Crippen LogP contribution in [0.4, 0.5) is 10.1 Å². The van der Waals surface area contributed by atoms with Crippen LogP contribution in [0.5, 0.6) is 5.75 Å². The van der Waals surface area contributed by atoms with E-state index in [-0.39, 0.29) is 24.2 Å². The number of rotatable bonds is 5. The third-order valence-corrected chi connectivity index (χ3v) is 5.21. The number of hydrogen-bond donors (Lipinski definition) is 1. The first-order valence-corrected chi connectivity index (χ1v) is 9.69. The summed E-state index contributed by atoms with van der Waals surface area (Å²) in [5, 5.41) is 2.65. The maximum atomic E-state index is 13.1. The molecule has 1 aromatic heterocycles. The summed E-state index contributed by atoms with van der Waals surface area (Å²) < 4.78 is 20.5. The Morgan fingerprint density at radius 2 is 1.90 bits per heavy atom. The number of fused-ring (bicyclic) bond motifs is 1. The van der Waals surface area contributed by atoms with E-state index in [2.05, 4.69) is 9.88 Å². The molecule has 1 aliphatic heterocycles. The molecule has 3 aromatic rings. The average molecular weight is 407 g/mol. The SMILES string of the molecule is COc1cccc(C2c3cccn3CCN2C(=O)CC(=O)Nc2ccc(F)cc2)c1. The summed E-state index contributed by atoms with van der Waals surface area (Å²) in [6, 6.07) is 16.7. The Kier molecular flexibility index (Phi) is 5.52. The molecule has 0 spiro atoms. The quantitative estimate of drug-likeness (QED) is 0.658. The molecule has 2 aromatic carbocycles. The van der Waals surface area contributed by atoms with Gasteiger partial charge in [-0.25, -0.2) is 4.39 Å². The van der Waals surface area contributed by atoms with Gasteiger partial charge in [0.05, 0.1) is 13.2 Å². The first kappa shape index (κ1) is 19.7. The number of anilines is 1. The normalized spacial score (nSPS) is 15.4. The lowest BCUT2D eigenvalue weighted by Crippen LogP contribution is -2.43. The van der Waals surface area contributed by atoms with Crippen molar-refractivity contribution in [1.82, 2.24) is 9.47 Å². The van der Waals surface area contributed by atoms with Crippen LogP contribution < -0.4 is 10.1 Å². The highest BCUT2D eigenvalue weighted by atomic mass is 19.1. The minimum atomic E-state index is -0.433. The van der Waals surface area contributed by atoms with Gasteiger partial charge in [0.1, 0.15) is 18.0 Å². The van der Waals surface area contributed by atoms with E-state index >= 15 is 0 Å². The molecule has 1 unspecified atom stereocenters. The number of aromatic nitrogens is 1. The number of benzene rings is 2. The zero-order valence-electron chi connectivity index (χ0n) is 16.5. The maximum absolute atomic E-state index is 13.1. The van der Waals surface area contributed by atoms with Crippen LogP contribution in [0, 0.1) is 5.82 Å². The molecule has 2 heterocycles. The van der Waals surface area contributed by atoms with Gasteiger partial charge in [-0.15, -0.1) is 0 Å². The van der Waals surface area contributed by atoms with Crippen LogP contribution in [0.2, 0.25) is 0 Å². The van der Waals surface area contributed by atoms with Crippen molar-refractivity contribution in [3.8, 4) is 5.75 Å². The summed E-state index contributed by atoms with van der Waals surface area (Å²) in [4.78, 5) is 27.2. The highest BCUT2D eigenvalue weighted by molar-refractivity contribution is 6.03. The van der Waals surface area contributed by atoms with E-state index < -0.39 is 5.91 Å². The molecule has 7 heteroatoms. The average Bonchev–Trinajstić information content (AvgIpc) is 3.23. The Morgan fingerprint density at radius 3 is 2.67 bits per heavy atom.